The number of hydrogen-bond donors (Lipinski definition) is 2. The molecule has 14 heavy (non-hydrogen) atoms. The predicted molar refractivity (Wildman–Crippen MR) is 57.1 cm³/mol. The summed E-state index contributed by atoms with van der Waals surface area (Å²) in [5.41, 5.74) is 5.32. The standard InChI is InChI=1S/C11H23NO2/c1-2-9-5-3-4-6-11(9)14-8-10(13)7-12/h9-11,13H,2-8,12H2,1H3. The molecule has 0 aromatic heterocycles. The minimum atomic E-state index is -0.491. The van der Waals surface area contributed by atoms with Crippen molar-refractivity contribution in [2.75, 3.05) is 13.2 Å². The van der Waals surface area contributed by atoms with Crippen molar-refractivity contribution in [2.45, 2.75) is 51.2 Å². The zero-order valence-corrected chi connectivity index (χ0v) is 9.11. The van der Waals surface area contributed by atoms with Crippen LogP contribution in [0.3, 0.4) is 0 Å². The number of hydrogen-bond acceptors (Lipinski definition) is 3. The van der Waals surface area contributed by atoms with Crippen LogP contribution in [0, 0.1) is 5.92 Å². The van der Waals surface area contributed by atoms with Crippen LogP contribution < -0.4 is 5.73 Å². The number of rotatable bonds is 5. The Kier molecular flexibility index (Phi) is 5.45. The summed E-state index contributed by atoms with van der Waals surface area (Å²) in [5.74, 6) is 0.689. The molecule has 0 radical (unpaired) electrons. The number of ether oxygens (including phenoxy) is 1. The van der Waals surface area contributed by atoms with Crippen molar-refractivity contribution in [1.82, 2.24) is 0 Å². The Morgan fingerprint density at radius 3 is 2.79 bits per heavy atom. The zero-order valence-electron chi connectivity index (χ0n) is 9.11. The van der Waals surface area contributed by atoms with E-state index in [-0.39, 0.29) is 0 Å². The molecule has 3 heteroatoms. The Hall–Kier alpha value is -0.120. The maximum atomic E-state index is 9.30. The highest BCUT2D eigenvalue weighted by Gasteiger charge is 2.24. The first-order valence-corrected chi connectivity index (χ1v) is 5.77. The third-order valence-electron chi connectivity index (χ3n) is 3.14. The first-order valence-electron chi connectivity index (χ1n) is 5.77. The average Bonchev–Trinajstić information content (AvgIpc) is 2.26. The lowest BCUT2D eigenvalue weighted by molar-refractivity contribution is -0.0482. The van der Waals surface area contributed by atoms with E-state index < -0.39 is 6.10 Å². The summed E-state index contributed by atoms with van der Waals surface area (Å²) in [5, 5.41) is 9.30. The van der Waals surface area contributed by atoms with Gasteiger partial charge in [0, 0.05) is 6.54 Å². The molecule has 1 aliphatic rings. The lowest BCUT2D eigenvalue weighted by Gasteiger charge is -2.31. The molecule has 0 spiro atoms. The van der Waals surface area contributed by atoms with Crippen molar-refractivity contribution in [2.24, 2.45) is 11.7 Å². The van der Waals surface area contributed by atoms with Gasteiger partial charge in [0.15, 0.2) is 0 Å². The molecular formula is C11H23NO2. The Bertz CT molecular complexity index is 152. The molecule has 3 atom stereocenters. The van der Waals surface area contributed by atoms with E-state index in [1.807, 2.05) is 0 Å². The lowest BCUT2D eigenvalue weighted by Crippen LogP contribution is -2.33. The second-order valence-corrected chi connectivity index (χ2v) is 4.21. The molecule has 3 nitrogen and oxygen atoms in total. The first kappa shape index (κ1) is 12.0. The molecule has 0 amide bonds. The monoisotopic (exact) mass is 201 g/mol. The van der Waals surface area contributed by atoms with Gasteiger partial charge in [-0.3, -0.25) is 0 Å². The van der Waals surface area contributed by atoms with Gasteiger partial charge in [-0.05, 0) is 18.8 Å². The summed E-state index contributed by atoms with van der Waals surface area (Å²) in [6.07, 6.45) is 6.07. The van der Waals surface area contributed by atoms with Gasteiger partial charge in [-0.2, -0.15) is 0 Å². The lowest BCUT2D eigenvalue weighted by atomic mass is 9.85. The van der Waals surface area contributed by atoms with Gasteiger partial charge < -0.3 is 15.6 Å². The summed E-state index contributed by atoms with van der Waals surface area (Å²) in [6.45, 7) is 2.91. The van der Waals surface area contributed by atoms with Crippen LogP contribution in [0.25, 0.3) is 0 Å². The Morgan fingerprint density at radius 1 is 1.43 bits per heavy atom. The minimum Gasteiger partial charge on any atom is -0.389 e. The maximum absolute atomic E-state index is 9.30. The summed E-state index contributed by atoms with van der Waals surface area (Å²) >= 11 is 0. The molecule has 0 aromatic rings. The summed E-state index contributed by atoms with van der Waals surface area (Å²) in [7, 11) is 0. The maximum Gasteiger partial charge on any atom is 0.0895 e. The predicted octanol–water partition coefficient (Wildman–Crippen LogP) is 1.29. The van der Waals surface area contributed by atoms with Crippen LogP contribution >= 0.6 is 0 Å². The van der Waals surface area contributed by atoms with E-state index in [1.54, 1.807) is 0 Å². The fraction of sp³-hybridized carbons (Fsp3) is 1.00. The molecule has 3 unspecified atom stereocenters. The van der Waals surface area contributed by atoms with Crippen LogP contribution in [0.1, 0.15) is 39.0 Å². The molecule has 0 bridgehead atoms. The van der Waals surface area contributed by atoms with Gasteiger partial charge in [0.1, 0.15) is 0 Å². The van der Waals surface area contributed by atoms with Crippen molar-refractivity contribution in [3.05, 3.63) is 0 Å². The molecule has 1 aliphatic carbocycles. The molecule has 1 rings (SSSR count). The van der Waals surface area contributed by atoms with Gasteiger partial charge in [0.25, 0.3) is 0 Å². The highest BCUT2D eigenvalue weighted by atomic mass is 16.5. The summed E-state index contributed by atoms with van der Waals surface area (Å²) in [6, 6.07) is 0. The SMILES string of the molecule is CCC1CCCCC1OCC(O)CN. The van der Waals surface area contributed by atoms with E-state index >= 15 is 0 Å². The van der Waals surface area contributed by atoms with Gasteiger partial charge in [0.05, 0.1) is 18.8 Å². The highest BCUT2D eigenvalue weighted by Crippen LogP contribution is 2.29. The van der Waals surface area contributed by atoms with Crippen molar-refractivity contribution in [3.63, 3.8) is 0 Å². The quantitative estimate of drug-likeness (QED) is 0.704. The van der Waals surface area contributed by atoms with Crippen LogP contribution in [0.15, 0.2) is 0 Å². The van der Waals surface area contributed by atoms with Crippen molar-refractivity contribution in [3.8, 4) is 0 Å². The van der Waals surface area contributed by atoms with E-state index in [2.05, 4.69) is 6.92 Å². The Balaban J connectivity index is 2.26. The van der Waals surface area contributed by atoms with Gasteiger partial charge in [-0.1, -0.05) is 26.2 Å². The molecule has 0 saturated heterocycles. The van der Waals surface area contributed by atoms with Crippen LogP contribution in [0.5, 0.6) is 0 Å². The van der Waals surface area contributed by atoms with Crippen molar-refractivity contribution < 1.29 is 9.84 Å². The van der Waals surface area contributed by atoms with Crippen LogP contribution in [-0.4, -0.2) is 30.5 Å². The molecule has 1 saturated carbocycles. The molecule has 0 aromatic carbocycles. The second kappa shape index (κ2) is 6.38. The van der Waals surface area contributed by atoms with Crippen LogP contribution in [0.4, 0.5) is 0 Å². The van der Waals surface area contributed by atoms with E-state index in [4.69, 9.17) is 10.5 Å². The van der Waals surface area contributed by atoms with E-state index in [0.29, 0.717) is 25.2 Å². The molecule has 0 heterocycles. The third kappa shape index (κ3) is 3.56. The summed E-state index contributed by atoms with van der Waals surface area (Å²) in [4.78, 5) is 0. The minimum absolute atomic E-state index is 0.295. The second-order valence-electron chi connectivity index (χ2n) is 4.21. The molecular weight excluding hydrogens is 178 g/mol. The molecule has 0 aliphatic heterocycles. The zero-order chi connectivity index (χ0) is 10.4. The number of nitrogens with two attached hydrogens (primary N) is 1. The first-order chi connectivity index (χ1) is 6.77. The van der Waals surface area contributed by atoms with Crippen LogP contribution in [0.2, 0.25) is 0 Å². The topological polar surface area (TPSA) is 55.5 Å². The van der Waals surface area contributed by atoms with Crippen molar-refractivity contribution in [1.29, 1.82) is 0 Å². The third-order valence-corrected chi connectivity index (χ3v) is 3.14. The van der Waals surface area contributed by atoms with E-state index in [1.165, 1.54) is 25.7 Å². The van der Waals surface area contributed by atoms with E-state index in [9.17, 15) is 5.11 Å². The summed E-state index contributed by atoms with van der Waals surface area (Å²) < 4.78 is 5.71. The molecule has 3 N–H and O–H groups in total. The highest BCUT2D eigenvalue weighted by molar-refractivity contribution is 4.75. The number of aliphatic hydroxyl groups excluding tert-OH is 1. The van der Waals surface area contributed by atoms with Gasteiger partial charge in [0.2, 0.25) is 0 Å². The molecule has 1 fully saturated rings. The fourth-order valence-electron chi connectivity index (χ4n) is 2.16. The van der Waals surface area contributed by atoms with Gasteiger partial charge in [-0.15, -0.1) is 0 Å². The van der Waals surface area contributed by atoms with Crippen molar-refractivity contribution >= 4 is 0 Å². The average molecular weight is 201 g/mol. The fourth-order valence-corrected chi connectivity index (χ4v) is 2.16. The van der Waals surface area contributed by atoms with Gasteiger partial charge >= 0.3 is 0 Å². The normalized spacial score (nSPS) is 30.2. The number of aliphatic hydroxyl groups is 1. The van der Waals surface area contributed by atoms with Crippen LogP contribution in [-0.2, 0) is 4.74 Å². The Morgan fingerprint density at radius 2 is 2.14 bits per heavy atom. The Labute approximate surface area is 86.6 Å². The molecule has 84 valence electrons. The largest absolute Gasteiger partial charge is 0.389 e. The van der Waals surface area contributed by atoms with E-state index in [0.717, 1.165) is 6.42 Å². The smallest absolute Gasteiger partial charge is 0.0895 e. The van der Waals surface area contributed by atoms with Gasteiger partial charge in [-0.25, -0.2) is 0 Å².